The Bertz CT molecular complexity index is 352. The monoisotopic (exact) mass is 328 g/mol. The van der Waals surface area contributed by atoms with Gasteiger partial charge in [-0.2, -0.15) is 0 Å². The van der Waals surface area contributed by atoms with E-state index in [1.54, 1.807) is 37.3 Å². The molecular weight excluding hydrogens is 314 g/mol. The standard InChI is InChI=1S/C7H6O2.C4H8O2.CHCl3/c8-7(9)6-4-2-1-3-5-6;1-3-6-4(2)5;2-1(3)4/h1-5H,(H,8,9);3H2,1-2H3;1H. The van der Waals surface area contributed by atoms with Gasteiger partial charge in [-0.05, 0) is 19.1 Å². The van der Waals surface area contributed by atoms with Crippen LogP contribution in [0, 0.1) is 0 Å². The minimum Gasteiger partial charge on any atom is -0.478 e. The van der Waals surface area contributed by atoms with Crippen molar-refractivity contribution in [1.29, 1.82) is 0 Å². The third-order valence-electron chi connectivity index (χ3n) is 1.37. The summed E-state index contributed by atoms with van der Waals surface area (Å²) < 4.78 is 3.65. The Kier molecular flexibility index (Phi) is 14.4. The van der Waals surface area contributed by atoms with Crippen LogP contribution in [0.25, 0.3) is 0 Å². The maximum Gasteiger partial charge on any atom is 0.335 e. The quantitative estimate of drug-likeness (QED) is 0.659. The minimum absolute atomic E-state index is 0.211. The Labute approximate surface area is 127 Å². The molecule has 0 amide bonds. The van der Waals surface area contributed by atoms with Crippen molar-refractivity contribution >= 4 is 46.7 Å². The number of benzene rings is 1. The lowest BCUT2D eigenvalue weighted by atomic mass is 10.2. The largest absolute Gasteiger partial charge is 0.478 e. The number of carbonyl (C=O) groups is 2. The first-order valence-electron chi connectivity index (χ1n) is 5.15. The molecule has 1 aromatic carbocycles. The van der Waals surface area contributed by atoms with Crippen LogP contribution in [0.2, 0.25) is 0 Å². The predicted molar refractivity (Wildman–Crippen MR) is 77.1 cm³/mol. The van der Waals surface area contributed by atoms with Gasteiger partial charge in [0.2, 0.25) is 0 Å². The number of alkyl halides is 3. The second kappa shape index (κ2) is 13.5. The van der Waals surface area contributed by atoms with Gasteiger partial charge < -0.3 is 9.84 Å². The van der Waals surface area contributed by atoms with Gasteiger partial charge in [-0.15, -0.1) is 0 Å². The maximum atomic E-state index is 10.2. The van der Waals surface area contributed by atoms with Crippen LogP contribution in [0.5, 0.6) is 0 Å². The van der Waals surface area contributed by atoms with Crippen molar-refractivity contribution in [3.8, 4) is 0 Å². The molecule has 0 aromatic heterocycles. The van der Waals surface area contributed by atoms with Crippen LogP contribution < -0.4 is 0 Å². The molecule has 0 unspecified atom stereocenters. The highest BCUT2D eigenvalue weighted by atomic mass is 35.6. The number of hydrogen-bond acceptors (Lipinski definition) is 3. The zero-order valence-corrected chi connectivity index (χ0v) is 12.7. The lowest BCUT2D eigenvalue weighted by Crippen LogP contribution is -1.95. The fraction of sp³-hybridized carbons (Fsp3) is 0.333. The summed E-state index contributed by atoms with van der Waals surface area (Å²) in [4.78, 5) is 20.0. The van der Waals surface area contributed by atoms with Crippen molar-refractivity contribution in [1.82, 2.24) is 0 Å². The number of rotatable bonds is 2. The summed E-state index contributed by atoms with van der Waals surface area (Å²) >= 11 is 14.4. The Morgan fingerprint density at radius 2 is 1.63 bits per heavy atom. The number of esters is 1. The van der Waals surface area contributed by atoms with Gasteiger partial charge >= 0.3 is 11.9 Å². The molecular formula is C12H15Cl3O4. The number of hydrogen-bond donors (Lipinski definition) is 1. The third-order valence-corrected chi connectivity index (χ3v) is 1.37. The van der Waals surface area contributed by atoms with E-state index in [1.807, 2.05) is 0 Å². The van der Waals surface area contributed by atoms with E-state index in [1.165, 1.54) is 6.92 Å². The van der Waals surface area contributed by atoms with Crippen molar-refractivity contribution in [2.45, 2.75) is 18.1 Å². The topological polar surface area (TPSA) is 63.6 Å². The summed E-state index contributed by atoms with van der Waals surface area (Å²) in [6.07, 6.45) is 0. The van der Waals surface area contributed by atoms with Crippen LogP contribution >= 0.6 is 34.8 Å². The third kappa shape index (κ3) is 19.5. The highest BCUT2D eigenvalue weighted by molar-refractivity contribution is 6.63. The van der Waals surface area contributed by atoms with Crippen molar-refractivity contribution in [2.75, 3.05) is 6.61 Å². The number of ether oxygens (including phenoxy) is 1. The van der Waals surface area contributed by atoms with E-state index < -0.39 is 10.3 Å². The molecule has 0 atom stereocenters. The van der Waals surface area contributed by atoms with Gasteiger partial charge in [-0.3, -0.25) is 4.79 Å². The molecule has 0 saturated carbocycles. The van der Waals surface area contributed by atoms with Gasteiger partial charge in [0, 0.05) is 6.92 Å². The van der Waals surface area contributed by atoms with Crippen LogP contribution in [0.15, 0.2) is 30.3 Å². The molecule has 0 aliphatic carbocycles. The second-order valence-corrected chi connectivity index (χ2v) is 4.82. The van der Waals surface area contributed by atoms with E-state index in [2.05, 4.69) is 4.74 Å². The fourth-order valence-electron chi connectivity index (χ4n) is 0.784. The van der Waals surface area contributed by atoms with E-state index in [4.69, 9.17) is 39.9 Å². The summed E-state index contributed by atoms with van der Waals surface area (Å²) in [5, 5.41) is 8.38. The molecule has 1 N–H and O–H groups in total. The number of carbonyl (C=O) groups excluding carboxylic acids is 1. The van der Waals surface area contributed by atoms with Gasteiger partial charge in [0.1, 0.15) is 0 Å². The summed E-state index contributed by atoms with van der Waals surface area (Å²) in [6, 6.07) is 8.30. The summed E-state index contributed by atoms with van der Waals surface area (Å²) in [7, 11) is 0. The minimum atomic E-state index is -0.879. The highest BCUT2D eigenvalue weighted by Gasteiger charge is 1.96. The molecule has 0 spiro atoms. The summed E-state index contributed by atoms with van der Waals surface area (Å²) in [5.74, 6) is -1.09. The molecule has 4 nitrogen and oxygen atoms in total. The molecule has 1 aromatic rings. The number of halogens is 3. The van der Waals surface area contributed by atoms with E-state index in [0.717, 1.165) is 0 Å². The van der Waals surface area contributed by atoms with Gasteiger partial charge in [-0.25, -0.2) is 4.79 Å². The molecule has 0 bridgehead atoms. The fourth-order valence-corrected chi connectivity index (χ4v) is 0.784. The van der Waals surface area contributed by atoms with Crippen molar-refractivity contribution < 1.29 is 19.4 Å². The zero-order chi connectivity index (χ0) is 15.3. The number of carboxylic acids is 1. The van der Waals surface area contributed by atoms with Gasteiger partial charge in [-0.1, -0.05) is 53.0 Å². The molecule has 7 heteroatoms. The SMILES string of the molecule is CCOC(C)=O.ClC(Cl)Cl.O=C(O)c1ccccc1. The molecule has 0 radical (unpaired) electrons. The first-order chi connectivity index (χ1) is 8.81. The van der Waals surface area contributed by atoms with Crippen molar-refractivity contribution in [2.24, 2.45) is 0 Å². The van der Waals surface area contributed by atoms with E-state index in [9.17, 15) is 9.59 Å². The lowest BCUT2D eigenvalue weighted by molar-refractivity contribution is -0.140. The number of aromatic carboxylic acids is 1. The Balaban J connectivity index is 0. The molecule has 0 fully saturated rings. The lowest BCUT2D eigenvalue weighted by Gasteiger charge is -1.89. The number of carboxylic acid groups (broad SMARTS) is 1. The molecule has 0 aliphatic rings. The van der Waals surface area contributed by atoms with Gasteiger partial charge in [0.15, 0.2) is 4.30 Å². The van der Waals surface area contributed by atoms with E-state index >= 15 is 0 Å². The Morgan fingerprint density at radius 3 is 1.79 bits per heavy atom. The second-order valence-electron chi connectivity index (χ2n) is 2.84. The maximum absolute atomic E-state index is 10.2. The Hall–Kier alpha value is -0.970. The average Bonchev–Trinajstić information content (AvgIpc) is 2.30. The molecule has 0 heterocycles. The van der Waals surface area contributed by atoms with Crippen LogP contribution in [0.1, 0.15) is 24.2 Å². The zero-order valence-electron chi connectivity index (χ0n) is 10.5. The molecule has 0 aliphatic heterocycles. The van der Waals surface area contributed by atoms with E-state index in [0.29, 0.717) is 12.2 Å². The molecule has 108 valence electrons. The van der Waals surface area contributed by atoms with Gasteiger partial charge in [0.25, 0.3) is 0 Å². The Morgan fingerprint density at radius 1 is 1.21 bits per heavy atom. The summed E-state index contributed by atoms with van der Waals surface area (Å²) in [6.45, 7) is 3.65. The molecule has 1 rings (SSSR count). The van der Waals surface area contributed by atoms with Crippen LogP contribution in [-0.2, 0) is 9.53 Å². The normalized spacial score (nSPS) is 8.53. The smallest absolute Gasteiger partial charge is 0.335 e. The van der Waals surface area contributed by atoms with Crippen molar-refractivity contribution in [3.05, 3.63) is 35.9 Å². The van der Waals surface area contributed by atoms with Crippen molar-refractivity contribution in [3.63, 3.8) is 0 Å². The first-order valence-corrected chi connectivity index (χ1v) is 6.46. The first kappa shape index (κ1) is 20.3. The van der Waals surface area contributed by atoms with Crippen LogP contribution in [0.4, 0.5) is 0 Å². The predicted octanol–water partition coefficient (Wildman–Crippen LogP) is 3.94. The van der Waals surface area contributed by atoms with Crippen LogP contribution in [-0.4, -0.2) is 27.9 Å². The molecule has 0 saturated heterocycles. The highest BCUT2D eigenvalue weighted by Crippen LogP contribution is 2.03. The average molecular weight is 330 g/mol. The van der Waals surface area contributed by atoms with E-state index in [-0.39, 0.29) is 5.97 Å². The summed E-state index contributed by atoms with van der Waals surface area (Å²) in [5.41, 5.74) is 0.331. The van der Waals surface area contributed by atoms with Gasteiger partial charge in [0.05, 0.1) is 12.2 Å². The van der Waals surface area contributed by atoms with Crippen LogP contribution in [0.3, 0.4) is 0 Å². The molecule has 19 heavy (non-hydrogen) atoms.